The van der Waals surface area contributed by atoms with Crippen LogP contribution in [-0.4, -0.2) is 21.3 Å². The van der Waals surface area contributed by atoms with Gasteiger partial charge in [-0.1, -0.05) is 19.1 Å². The van der Waals surface area contributed by atoms with Crippen LogP contribution in [0.15, 0.2) is 41.4 Å². The Bertz CT molecular complexity index is 572. The Hall–Kier alpha value is -1.55. The normalized spacial score (nSPS) is 11.0. The monoisotopic (exact) mass is 288 g/mol. The summed E-state index contributed by atoms with van der Waals surface area (Å²) in [6, 6.07) is 10.1. The summed E-state index contributed by atoms with van der Waals surface area (Å²) < 4.78 is 1.88. The summed E-state index contributed by atoms with van der Waals surface area (Å²) in [5, 5.41) is 4.41. The molecule has 1 aromatic carbocycles. The molecule has 0 fully saturated rings. The summed E-state index contributed by atoms with van der Waals surface area (Å²) in [6.45, 7) is 6.26. The first-order chi connectivity index (χ1) is 9.60. The van der Waals surface area contributed by atoms with Crippen LogP contribution in [0.2, 0.25) is 0 Å². The molecule has 0 aliphatic carbocycles. The maximum absolute atomic E-state index is 12.2. The predicted octanol–water partition coefficient (Wildman–Crippen LogP) is 4.00. The van der Waals surface area contributed by atoms with Crippen molar-refractivity contribution in [3.8, 4) is 0 Å². The summed E-state index contributed by atoms with van der Waals surface area (Å²) in [4.78, 5) is 13.4. The minimum atomic E-state index is 0.118. The first-order valence-corrected chi connectivity index (χ1v) is 7.88. The maximum Gasteiger partial charge on any atom is 0.168 e. The van der Waals surface area contributed by atoms with E-state index in [1.54, 1.807) is 11.8 Å². The molecule has 20 heavy (non-hydrogen) atoms. The zero-order chi connectivity index (χ0) is 14.5. The van der Waals surface area contributed by atoms with E-state index in [-0.39, 0.29) is 5.78 Å². The molecular weight excluding hydrogens is 268 g/mol. The van der Waals surface area contributed by atoms with Gasteiger partial charge in [-0.2, -0.15) is 5.10 Å². The molecule has 0 unspecified atom stereocenters. The fourth-order valence-corrected chi connectivity index (χ4v) is 2.59. The number of rotatable bonds is 6. The van der Waals surface area contributed by atoms with Crippen molar-refractivity contribution in [1.82, 2.24) is 9.78 Å². The topological polar surface area (TPSA) is 34.9 Å². The molecule has 0 saturated carbocycles. The van der Waals surface area contributed by atoms with Crippen molar-refractivity contribution in [2.75, 3.05) is 5.75 Å². The predicted molar refractivity (Wildman–Crippen MR) is 83.5 cm³/mol. The minimum absolute atomic E-state index is 0.118. The second-order valence-corrected chi connectivity index (χ2v) is 6.28. The molecule has 1 aromatic heterocycles. The van der Waals surface area contributed by atoms with E-state index in [0.717, 1.165) is 17.0 Å². The van der Waals surface area contributed by atoms with Crippen molar-refractivity contribution in [2.45, 2.75) is 38.1 Å². The Morgan fingerprint density at radius 3 is 2.50 bits per heavy atom. The Balaban J connectivity index is 2.03. The van der Waals surface area contributed by atoms with Gasteiger partial charge in [0.1, 0.15) is 0 Å². The van der Waals surface area contributed by atoms with Crippen molar-refractivity contribution in [3.05, 3.63) is 47.8 Å². The first kappa shape index (κ1) is 14.9. The van der Waals surface area contributed by atoms with Crippen molar-refractivity contribution in [2.24, 2.45) is 0 Å². The van der Waals surface area contributed by atoms with Crippen LogP contribution in [0.25, 0.3) is 0 Å². The maximum atomic E-state index is 12.2. The minimum Gasteiger partial charge on any atom is -0.294 e. The van der Waals surface area contributed by atoms with Crippen LogP contribution in [0.5, 0.6) is 0 Å². The van der Waals surface area contributed by atoms with Crippen LogP contribution in [0.1, 0.15) is 42.9 Å². The molecule has 106 valence electrons. The lowest BCUT2D eigenvalue weighted by Gasteiger charge is -2.04. The number of carbonyl (C=O) groups excluding carboxylic acids is 1. The van der Waals surface area contributed by atoms with Crippen LogP contribution < -0.4 is 0 Å². The van der Waals surface area contributed by atoms with E-state index in [1.165, 1.54) is 4.90 Å². The van der Waals surface area contributed by atoms with Gasteiger partial charge in [-0.15, -0.1) is 11.8 Å². The van der Waals surface area contributed by atoms with E-state index in [9.17, 15) is 4.79 Å². The van der Waals surface area contributed by atoms with Crippen molar-refractivity contribution >= 4 is 17.5 Å². The quantitative estimate of drug-likeness (QED) is 0.595. The average Bonchev–Trinajstić information content (AvgIpc) is 2.88. The number of hydrogen-bond acceptors (Lipinski definition) is 3. The number of ketones is 1. The largest absolute Gasteiger partial charge is 0.294 e. The van der Waals surface area contributed by atoms with Gasteiger partial charge in [-0.3, -0.25) is 9.48 Å². The molecule has 3 nitrogen and oxygen atoms in total. The highest BCUT2D eigenvalue weighted by atomic mass is 32.2. The van der Waals surface area contributed by atoms with E-state index < -0.39 is 0 Å². The van der Waals surface area contributed by atoms with Gasteiger partial charge in [0.15, 0.2) is 5.78 Å². The zero-order valence-electron chi connectivity index (χ0n) is 12.2. The molecule has 0 aliphatic heterocycles. The number of Topliss-reactive ketones (excluding diaryl/α,β-unsaturated/α-hetero) is 1. The highest BCUT2D eigenvalue weighted by molar-refractivity contribution is 7.99. The van der Waals surface area contributed by atoms with Gasteiger partial charge < -0.3 is 0 Å². The van der Waals surface area contributed by atoms with Gasteiger partial charge in [-0.25, -0.2) is 0 Å². The Morgan fingerprint density at radius 1 is 1.25 bits per heavy atom. The lowest BCUT2D eigenvalue weighted by molar-refractivity contribution is 0.0991. The van der Waals surface area contributed by atoms with Crippen molar-refractivity contribution < 1.29 is 4.79 Å². The van der Waals surface area contributed by atoms with Gasteiger partial charge in [-0.05, 0) is 37.8 Å². The van der Waals surface area contributed by atoms with Crippen LogP contribution in [0, 0.1) is 0 Å². The third kappa shape index (κ3) is 3.73. The summed E-state index contributed by atoms with van der Waals surface area (Å²) in [5.74, 6) is 1.16. The van der Waals surface area contributed by atoms with Crippen LogP contribution in [0.4, 0.5) is 0 Å². The highest BCUT2D eigenvalue weighted by Gasteiger charge is 2.10. The Morgan fingerprint density at radius 2 is 1.95 bits per heavy atom. The first-order valence-electron chi connectivity index (χ1n) is 6.90. The van der Waals surface area contributed by atoms with Gasteiger partial charge in [0.2, 0.25) is 0 Å². The molecular formula is C16H20N2OS. The number of carbonyl (C=O) groups is 1. The molecule has 0 spiro atoms. The SMILES string of the molecule is CCSc1ccc(C(=O)Cc2ccn(C(C)C)n2)cc1. The van der Waals surface area contributed by atoms with E-state index >= 15 is 0 Å². The fourth-order valence-electron chi connectivity index (χ4n) is 1.93. The zero-order valence-corrected chi connectivity index (χ0v) is 13.0. The number of hydrogen-bond donors (Lipinski definition) is 0. The van der Waals surface area contributed by atoms with E-state index in [1.807, 2.05) is 41.2 Å². The molecule has 0 saturated heterocycles. The van der Waals surface area contributed by atoms with Crippen molar-refractivity contribution in [3.63, 3.8) is 0 Å². The number of thioether (sulfide) groups is 1. The Labute approximate surface area is 124 Å². The molecule has 0 N–H and O–H groups in total. The molecule has 2 rings (SSSR count). The lowest BCUT2D eigenvalue weighted by Crippen LogP contribution is -2.06. The fraction of sp³-hybridized carbons (Fsp3) is 0.375. The molecule has 0 amide bonds. The van der Waals surface area contributed by atoms with E-state index in [2.05, 4.69) is 25.9 Å². The number of nitrogens with zero attached hydrogens (tertiary/aromatic N) is 2. The van der Waals surface area contributed by atoms with Gasteiger partial charge in [0, 0.05) is 22.7 Å². The Kier molecular flexibility index (Phi) is 5.01. The third-order valence-corrected chi connectivity index (χ3v) is 3.92. The molecule has 1 heterocycles. The molecule has 0 aliphatic rings. The summed E-state index contributed by atoms with van der Waals surface area (Å²) in [7, 11) is 0. The van der Waals surface area contributed by atoms with Crippen LogP contribution >= 0.6 is 11.8 Å². The summed E-state index contributed by atoms with van der Waals surface area (Å²) >= 11 is 1.78. The third-order valence-electron chi connectivity index (χ3n) is 3.02. The number of aromatic nitrogens is 2. The standard InChI is InChI=1S/C16H20N2OS/c1-4-20-15-7-5-13(6-8-15)16(19)11-14-9-10-18(17-14)12(2)3/h5-10,12H,4,11H2,1-3H3. The van der Waals surface area contributed by atoms with Gasteiger partial charge in [0.05, 0.1) is 12.1 Å². The average molecular weight is 288 g/mol. The van der Waals surface area contributed by atoms with E-state index in [0.29, 0.717) is 12.5 Å². The second kappa shape index (κ2) is 6.75. The summed E-state index contributed by atoms with van der Waals surface area (Å²) in [5.41, 5.74) is 1.58. The van der Waals surface area contributed by atoms with Crippen molar-refractivity contribution in [1.29, 1.82) is 0 Å². The molecule has 0 radical (unpaired) electrons. The summed E-state index contributed by atoms with van der Waals surface area (Å²) in [6.07, 6.45) is 2.29. The van der Waals surface area contributed by atoms with Gasteiger partial charge in [0.25, 0.3) is 0 Å². The molecule has 4 heteroatoms. The van der Waals surface area contributed by atoms with Crippen LogP contribution in [0.3, 0.4) is 0 Å². The van der Waals surface area contributed by atoms with E-state index in [4.69, 9.17) is 0 Å². The smallest absolute Gasteiger partial charge is 0.168 e. The van der Waals surface area contributed by atoms with Crippen LogP contribution in [-0.2, 0) is 6.42 Å². The lowest BCUT2D eigenvalue weighted by atomic mass is 10.1. The number of benzene rings is 1. The van der Waals surface area contributed by atoms with Gasteiger partial charge >= 0.3 is 0 Å². The molecule has 2 aromatic rings. The molecule has 0 bridgehead atoms. The highest BCUT2D eigenvalue weighted by Crippen LogP contribution is 2.18. The second-order valence-electron chi connectivity index (χ2n) is 4.94. The molecule has 0 atom stereocenters.